The van der Waals surface area contributed by atoms with Gasteiger partial charge in [-0.05, 0) is 32.2 Å². The van der Waals surface area contributed by atoms with Gasteiger partial charge in [-0.15, -0.1) is 0 Å². The molecule has 1 amide bonds. The highest BCUT2D eigenvalue weighted by Gasteiger charge is 2.19. The van der Waals surface area contributed by atoms with Crippen LogP contribution in [0.2, 0.25) is 0 Å². The van der Waals surface area contributed by atoms with E-state index in [2.05, 4.69) is 34.4 Å². The van der Waals surface area contributed by atoms with Crippen molar-refractivity contribution >= 4 is 11.9 Å². The zero-order chi connectivity index (χ0) is 17.1. The van der Waals surface area contributed by atoms with Gasteiger partial charge in [0.05, 0.1) is 0 Å². The molecule has 0 aromatic heterocycles. The molecule has 1 aliphatic rings. The minimum absolute atomic E-state index is 0.0182. The number of hydrogen-bond acceptors (Lipinski definition) is 3. The molecule has 6 heteroatoms. The van der Waals surface area contributed by atoms with Crippen LogP contribution < -0.4 is 10.6 Å². The van der Waals surface area contributed by atoms with Crippen molar-refractivity contribution in [2.75, 3.05) is 46.8 Å². The lowest BCUT2D eigenvalue weighted by molar-refractivity contribution is -0.127. The Morgan fingerprint density at radius 3 is 2.61 bits per heavy atom. The minimum Gasteiger partial charge on any atom is -0.356 e. The highest BCUT2D eigenvalue weighted by atomic mass is 16.2. The van der Waals surface area contributed by atoms with Crippen LogP contribution in [-0.4, -0.2) is 74.5 Å². The zero-order valence-corrected chi connectivity index (χ0v) is 15.4. The number of likely N-dealkylation sites (tertiary alicyclic amines) is 1. The fraction of sp³-hybridized carbons (Fsp3) is 0.882. The van der Waals surface area contributed by atoms with Gasteiger partial charge in [-0.25, -0.2) is 4.99 Å². The molecule has 1 atom stereocenters. The molecule has 23 heavy (non-hydrogen) atoms. The third-order valence-electron chi connectivity index (χ3n) is 4.33. The summed E-state index contributed by atoms with van der Waals surface area (Å²) in [5.74, 6) is 0.761. The van der Waals surface area contributed by atoms with Gasteiger partial charge >= 0.3 is 0 Å². The number of rotatable bonds is 8. The van der Waals surface area contributed by atoms with E-state index in [9.17, 15) is 4.79 Å². The second-order valence-corrected chi connectivity index (χ2v) is 6.40. The molecule has 0 aliphatic carbocycles. The van der Waals surface area contributed by atoms with Gasteiger partial charge in [0.2, 0.25) is 5.91 Å². The van der Waals surface area contributed by atoms with Crippen molar-refractivity contribution in [3.05, 3.63) is 0 Å². The van der Waals surface area contributed by atoms with Gasteiger partial charge in [-0.2, -0.15) is 0 Å². The Bertz CT molecular complexity index is 370. The SMILES string of the molecule is CCCNC(=NCC(=O)N(C)C)NCCN1CCCCC1CC. The maximum atomic E-state index is 11.7. The van der Waals surface area contributed by atoms with Gasteiger partial charge in [0.25, 0.3) is 0 Å². The van der Waals surface area contributed by atoms with E-state index in [0.717, 1.165) is 38.1 Å². The average molecular weight is 326 g/mol. The Kier molecular flexibility index (Phi) is 9.67. The van der Waals surface area contributed by atoms with Crippen LogP contribution in [-0.2, 0) is 4.79 Å². The number of carbonyl (C=O) groups is 1. The number of amides is 1. The maximum absolute atomic E-state index is 11.7. The molecule has 0 aromatic rings. The molecule has 0 saturated carbocycles. The van der Waals surface area contributed by atoms with Crippen molar-refractivity contribution in [3.8, 4) is 0 Å². The van der Waals surface area contributed by atoms with Gasteiger partial charge in [0.15, 0.2) is 5.96 Å². The van der Waals surface area contributed by atoms with Crippen molar-refractivity contribution in [2.24, 2.45) is 4.99 Å². The third kappa shape index (κ3) is 7.68. The van der Waals surface area contributed by atoms with Gasteiger partial charge in [0, 0.05) is 39.8 Å². The molecule has 0 aromatic carbocycles. The Balaban J connectivity index is 2.43. The van der Waals surface area contributed by atoms with Crippen LogP contribution in [0, 0.1) is 0 Å². The van der Waals surface area contributed by atoms with Crippen molar-refractivity contribution in [3.63, 3.8) is 0 Å². The molecule has 1 aliphatic heterocycles. The Labute approximate surface area is 141 Å². The molecule has 1 heterocycles. The summed E-state index contributed by atoms with van der Waals surface area (Å²) in [6, 6.07) is 0.727. The molecule has 1 fully saturated rings. The van der Waals surface area contributed by atoms with Crippen LogP contribution in [0.1, 0.15) is 46.0 Å². The molecule has 1 rings (SSSR count). The van der Waals surface area contributed by atoms with E-state index >= 15 is 0 Å². The van der Waals surface area contributed by atoms with Crippen molar-refractivity contribution in [1.29, 1.82) is 0 Å². The summed E-state index contributed by atoms with van der Waals surface area (Å²) >= 11 is 0. The number of hydrogen-bond donors (Lipinski definition) is 2. The van der Waals surface area contributed by atoms with E-state index in [1.807, 2.05) is 0 Å². The monoisotopic (exact) mass is 325 g/mol. The quantitative estimate of drug-likeness (QED) is 0.521. The number of piperidine rings is 1. The van der Waals surface area contributed by atoms with Crippen molar-refractivity contribution in [2.45, 2.75) is 52.0 Å². The summed E-state index contributed by atoms with van der Waals surface area (Å²) in [5.41, 5.74) is 0. The van der Waals surface area contributed by atoms with E-state index < -0.39 is 0 Å². The molecular weight excluding hydrogens is 290 g/mol. The predicted molar refractivity (Wildman–Crippen MR) is 96.8 cm³/mol. The van der Waals surface area contributed by atoms with E-state index in [1.165, 1.54) is 32.2 Å². The molecular formula is C17H35N5O. The standard InChI is InChI=1S/C17H35N5O/c1-5-10-18-17(20-14-16(23)21(3)4)19-11-13-22-12-8-7-9-15(22)6-2/h15H,5-14H2,1-4H3,(H2,18,19,20). The van der Waals surface area contributed by atoms with Crippen molar-refractivity contribution < 1.29 is 4.79 Å². The molecule has 1 saturated heterocycles. The normalized spacial score (nSPS) is 19.5. The first kappa shape index (κ1) is 19.7. The molecule has 134 valence electrons. The summed E-state index contributed by atoms with van der Waals surface area (Å²) in [6.45, 7) is 8.55. The number of nitrogens with one attached hydrogen (secondary N) is 2. The molecule has 1 unspecified atom stereocenters. The number of aliphatic imine (C=N–C) groups is 1. The van der Waals surface area contributed by atoms with E-state index in [1.54, 1.807) is 19.0 Å². The summed E-state index contributed by atoms with van der Waals surface area (Å²) in [7, 11) is 3.51. The van der Waals surface area contributed by atoms with Gasteiger partial charge in [-0.1, -0.05) is 20.3 Å². The summed E-state index contributed by atoms with van der Waals surface area (Å²) in [6.07, 6.45) is 6.25. The number of carbonyl (C=O) groups excluding carboxylic acids is 1. The first-order chi connectivity index (χ1) is 11.1. The largest absolute Gasteiger partial charge is 0.356 e. The van der Waals surface area contributed by atoms with Crippen molar-refractivity contribution in [1.82, 2.24) is 20.4 Å². The topological polar surface area (TPSA) is 60.0 Å². The van der Waals surface area contributed by atoms with E-state index in [0.29, 0.717) is 0 Å². The first-order valence-electron chi connectivity index (χ1n) is 9.04. The van der Waals surface area contributed by atoms with E-state index in [4.69, 9.17) is 0 Å². The van der Waals surface area contributed by atoms with E-state index in [-0.39, 0.29) is 12.5 Å². The fourth-order valence-corrected chi connectivity index (χ4v) is 2.84. The molecule has 0 spiro atoms. The molecule has 0 radical (unpaired) electrons. The van der Waals surface area contributed by atoms with Crippen LogP contribution in [0.25, 0.3) is 0 Å². The summed E-state index contributed by atoms with van der Waals surface area (Å²) < 4.78 is 0. The minimum atomic E-state index is 0.0182. The van der Waals surface area contributed by atoms with Gasteiger partial charge < -0.3 is 15.5 Å². The van der Waals surface area contributed by atoms with Gasteiger partial charge in [-0.3, -0.25) is 9.69 Å². The Hall–Kier alpha value is -1.30. The van der Waals surface area contributed by atoms with Crippen LogP contribution in [0.15, 0.2) is 4.99 Å². The predicted octanol–water partition coefficient (Wildman–Crippen LogP) is 1.28. The molecule has 2 N–H and O–H groups in total. The smallest absolute Gasteiger partial charge is 0.243 e. The Morgan fingerprint density at radius 1 is 1.22 bits per heavy atom. The lowest BCUT2D eigenvalue weighted by Gasteiger charge is -2.35. The van der Waals surface area contributed by atoms with Crippen LogP contribution >= 0.6 is 0 Å². The average Bonchev–Trinajstić information content (AvgIpc) is 2.56. The number of nitrogens with zero attached hydrogens (tertiary/aromatic N) is 3. The molecule has 0 bridgehead atoms. The lowest BCUT2D eigenvalue weighted by atomic mass is 10.0. The first-order valence-corrected chi connectivity index (χ1v) is 9.04. The summed E-state index contributed by atoms with van der Waals surface area (Å²) in [4.78, 5) is 20.2. The van der Waals surface area contributed by atoms with Gasteiger partial charge in [0.1, 0.15) is 6.54 Å². The molecule has 6 nitrogen and oxygen atoms in total. The highest BCUT2D eigenvalue weighted by molar-refractivity contribution is 5.84. The zero-order valence-electron chi connectivity index (χ0n) is 15.4. The second kappa shape index (κ2) is 11.3. The van der Waals surface area contributed by atoms with Crippen LogP contribution in [0.4, 0.5) is 0 Å². The lowest BCUT2D eigenvalue weighted by Crippen LogP contribution is -2.46. The third-order valence-corrected chi connectivity index (χ3v) is 4.33. The highest BCUT2D eigenvalue weighted by Crippen LogP contribution is 2.18. The number of likely N-dealkylation sites (N-methyl/N-ethyl adjacent to an activating group) is 1. The van der Waals surface area contributed by atoms with Crippen LogP contribution in [0.5, 0.6) is 0 Å². The summed E-state index contributed by atoms with van der Waals surface area (Å²) in [5, 5.41) is 6.64. The number of guanidine groups is 1. The maximum Gasteiger partial charge on any atom is 0.243 e. The second-order valence-electron chi connectivity index (χ2n) is 6.40. The Morgan fingerprint density at radius 2 is 1.96 bits per heavy atom. The van der Waals surface area contributed by atoms with Crippen LogP contribution in [0.3, 0.4) is 0 Å². The fourth-order valence-electron chi connectivity index (χ4n) is 2.84.